The van der Waals surface area contributed by atoms with Crippen LogP contribution in [0.15, 0.2) is 60.8 Å². The summed E-state index contributed by atoms with van der Waals surface area (Å²) in [5.74, 6) is 0.397. The Bertz CT molecular complexity index is 1270. The lowest BCUT2D eigenvalue weighted by molar-refractivity contribution is 0.0999. The molecule has 9 nitrogen and oxygen atoms in total. The number of rotatable bonds is 8. The number of primary amides is 1. The highest BCUT2D eigenvalue weighted by molar-refractivity contribution is 5.94. The van der Waals surface area contributed by atoms with E-state index in [9.17, 15) is 9.90 Å². The molecule has 2 heterocycles. The summed E-state index contributed by atoms with van der Waals surface area (Å²) >= 11 is 0. The van der Waals surface area contributed by atoms with Gasteiger partial charge in [0.25, 0.3) is 0 Å². The molecule has 1 amide bonds. The molecule has 4 rings (SSSR count). The molecule has 168 valence electrons. The molecule has 0 spiro atoms. The zero-order valence-corrected chi connectivity index (χ0v) is 18.3. The van der Waals surface area contributed by atoms with Crippen LogP contribution in [0.2, 0.25) is 0 Å². The van der Waals surface area contributed by atoms with Gasteiger partial charge in [-0.05, 0) is 49.2 Å². The number of aliphatic hydroxyl groups excluding tert-OH is 1. The number of aliphatic hydroxyl groups is 1. The number of aromatic amines is 1. The molecule has 33 heavy (non-hydrogen) atoms. The fourth-order valence-electron chi connectivity index (χ4n) is 3.53. The summed E-state index contributed by atoms with van der Waals surface area (Å²) in [6.07, 6.45) is 1.68. The number of aromatic nitrogens is 4. The van der Waals surface area contributed by atoms with E-state index in [0.717, 1.165) is 16.8 Å². The van der Waals surface area contributed by atoms with Crippen molar-refractivity contribution in [3.63, 3.8) is 0 Å². The first-order valence-electron chi connectivity index (χ1n) is 10.4. The minimum atomic E-state index is -0.476. The van der Waals surface area contributed by atoms with E-state index in [1.165, 1.54) is 0 Å². The molecular weight excluding hydrogens is 418 g/mol. The van der Waals surface area contributed by atoms with E-state index in [4.69, 9.17) is 5.73 Å². The topological polar surface area (TPSA) is 142 Å². The number of nitrogens with one attached hydrogen (secondary N) is 3. The molecule has 0 saturated heterocycles. The molecule has 0 bridgehead atoms. The van der Waals surface area contributed by atoms with Crippen molar-refractivity contribution in [3.8, 4) is 11.3 Å². The van der Waals surface area contributed by atoms with Gasteiger partial charge in [0.05, 0.1) is 23.9 Å². The second kappa shape index (κ2) is 9.49. The second-order valence-corrected chi connectivity index (χ2v) is 7.70. The predicted molar refractivity (Wildman–Crippen MR) is 127 cm³/mol. The van der Waals surface area contributed by atoms with Gasteiger partial charge in [0, 0.05) is 23.1 Å². The molecule has 0 aliphatic heterocycles. The third kappa shape index (κ3) is 4.99. The SMILES string of the molecule is Cc1cc(-c2cnc(Nc3ccc(C(N)=O)c(C)c3)nc2N[C@H](CO)c2ccccc2)n[nH]1. The van der Waals surface area contributed by atoms with Crippen molar-refractivity contribution in [2.75, 3.05) is 17.2 Å². The Morgan fingerprint density at radius 1 is 1.15 bits per heavy atom. The van der Waals surface area contributed by atoms with Crippen molar-refractivity contribution in [1.29, 1.82) is 0 Å². The van der Waals surface area contributed by atoms with Gasteiger partial charge in [-0.2, -0.15) is 10.1 Å². The predicted octanol–water partition coefficient (Wildman–Crippen LogP) is 3.47. The van der Waals surface area contributed by atoms with Gasteiger partial charge in [0.2, 0.25) is 11.9 Å². The summed E-state index contributed by atoms with van der Waals surface area (Å²) in [7, 11) is 0. The molecule has 2 aromatic carbocycles. The van der Waals surface area contributed by atoms with Crippen LogP contribution in [0.5, 0.6) is 0 Å². The van der Waals surface area contributed by atoms with Crippen molar-refractivity contribution < 1.29 is 9.90 Å². The number of carbonyl (C=O) groups excluding carboxylic acids is 1. The first kappa shape index (κ1) is 22.0. The first-order valence-corrected chi connectivity index (χ1v) is 10.4. The molecule has 0 saturated carbocycles. The third-order valence-electron chi connectivity index (χ3n) is 5.21. The maximum absolute atomic E-state index is 11.5. The smallest absolute Gasteiger partial charge is 0.248 e. The van der Waals surface area contributed by atoms with Crippen molar-refractivity contribution in [2.45, 2.75) is 19.9 Å². The molecule has 4 aromatic rings. The molecule has 6 N–H and O–H groups in total. The lowest BCUT2D eigenvalue weighted by Crippen LogP contribution is -2.17. The summed E-state index contributed by atoms with van der Waals surface area (Å²) in [6.45, 7) is 3.61. The minimum absolute atomic E-state index is 0.121. The molecule has 0 radical (unpaired) electrons. The van der Waals surface area contributed by atoms with Crippen LogP contribution < -0.4 is 16.4 Å². The quantitative estimate of drug-likeness (QED) is 0.281. The molecule has 2 aromatic heterocycles. The number of carbonyl (C=O) groups is 1. The minimum Gasteiger partial charge on any atom is -0.394 e. The van der Waals surface area contributed by atoms with Gasteiger partial charge >= 0.3 is 0 Å². The Balaban J connectivity index is 1.69. The van der Waals surface area contributed by atoms with Gasteiger partial charge in [-0.15, -0.1) is 0 Å². The van der Waals surface area contributed by atoms with Crippen LogP contribution in [0.25, 0.3) is 11.3 Å². The number of hydrogen-bond donors (Lipinski definition) is 5. The maximum atomic E-state index is 11.5. The van der Waals surface area contributed by atoms with Crippen LogP contribution in [0, 0.1) is 13.8 Å². The van der Waals surface area contributed by atoms with Crippen LogP contribution in [-0.4, -0.2) is 37.8 Å². The Labute approximate surface area is 191 Å². The van der Waals surface area contributed by atoms with Gasteiger partial charge < -0.3 is 21.5 Å². The average Bonchev–Trinajstić information content (AvgIpc) is 3.24. The van der Waals surface area contributed by atoms with Crippen molar-refractivity contribution >= 4 is 23.4 Å². The normalized spacial score (nSPS) is 11.7. The number of benzene rings is 2. The van der Waals surface area contributed by atoms with E-state index in [-0.39, 0.29) is 12.6 Å². The van der Waals surface area contributed by atoms with E-state index in [1.807, 2.05) is 56.3 Å². The van der Waals surface area contributed by atoms with Gasteiger partial charge in [-0.25, -0.2) is 4.98 Å². The number of amides is 1. The zero-order chi connectivity index (χ0) is 23.4. The first-order chi connectivity index (χ1) is 15.9. The maximum Gasteiger partial charge on any atom is 0.248 e. The fraction of sp³-hybridized carbons (Fsp3) is 0.167. The Kier molecular flexibility index (Phi) is 6.32. The van der Waals surface area contributed by atoms with E-state index < -0.39 is 5.91 Å². The average molecular weight is 444 g/mol. The second-order valence-electron chi connectivity index (χ2n) is 7.70. The van der Waals surface area contributed by atoms with Crippen LogP contribution >= 0.6 is 0 Å². The number of aryl methyl sites for hydroxylation is 2. The summed E-state index contributed by atoms with van der Waals surface area (Å²) in [4.78, 5) is 20.6. The molecular formula is C24H25N7O2. The van der Waals surface area contributed by atoms with Crippen LogP contribution in [0.3, 0.4) is 0 Å². The zero-order valence-electron chi connectivity index (χ0n) is 18.3. The number of H-pyrrole nitrogens is 1. The molecule has 1 atom stereocenters. The highest BCUT2D eigenvalue weighted by Crippen LogP contribution is 2.29. The lowest BCUT2D eigenvalue weighted by Gasteiger charge is -2.19. The number of nitrogens with zero attached hydrogens (tertiary/aromatic N) is 3. The number of hydrogen-bond acceptors (Lipinski definition) is 7. The van der Waals surface area contributed by atoms with E-state index in [2.05, 4.69) is 30.8 Å². The van der Waals surface area contributed by atoms with Gasteiger partial charge in [-0.3, -0.25) is 9.89 Å². The fourth-order valence-corrected chi connectivity index (χ4v) is 3.53. The van der Waals surface area contributed by atoms with Crippen molar-refractivity contribution in [2.24, 2.45) is 5.73 Å². The van der Waals surface area contributed by atoms with Crippen molar-refractivity contribution in [3.05, 3.63) is 83.2 Å². The summed E-state index contributed by atoms with van der Waals surface area (Å²) in [6, 6.07) is 16.4. The van der Waals surface area contributed by atoms with E-state index in [1.54, 1.807) is 18.3 Å². The summed E-state index contributed by atoms with van der Waals surface area (Å²) in [5.41, 5.74) is 10.5. The van der Waals surface area contributed by atoms with Crippen LogP contribution in [0.4, 0.5) is 17.5 Å². The molecule has 0 aliphatic rings. The third-order valence-corrected chi connectivity index (χ3v) is 5.21. The largest absolute Gasteiger partial charge is 0.394 e. The van der Waals surface area contributed by atoms with Crippen LogP contribution in [0.1, 0.15) is 33.2 Å². The van der Waals surface area contributed by atoms with E-state index >= 15 is 0 Å². The standard InChI is InChI=1S/C24H25N7O2/c1-14-10-17(8-9-18(14)22(25)33)27-24-26-12-19(20-11-15(2)30-31-20)23(29-24)28-21(13-32)16-6-4-3-5-7-16/h3-12,21,32H,13H2,1-2H3,(H2,25,33)(H,30,31)(H2,26,27,28,29)/t21-/m1/s1. The molecule has 0 fully saturated rings. The number of nitrogens with two attached hydrogens (primary N) is 1. The highest BCUT2D eigenvalue weighted by Gasteiger charge is 2.17. The lowest BCUT2D eigenvalue weighted by atomic mass is 10.1. The van der Waals surface area contributed by atoms with Gasteiger partial charge in [0.15, 0.2) is 0 Å². The summed E-state index contributed by atoms with van der Waals surface area (Å²) in [5, 5.41) is 23.8. The van der Waals surface area contributed by atoms with Crippen LogP contribution in [-0.2, 0) is 0 Å². The summed E-state index contributed by atoms with van der Waals surface area (Å²) < 4.78 is 0. The van der Waals surface area contributed by atoms with E-state index in [0.29, 0.717) is 34.3 Å². The van der Waals surface area contributed by atoms with Crippen molar-refractivity contribution in [1.82, 2.24) is 20.2 Å². The molecule has 0 unspecified atom stereocenters. The highest BCUT2D eigenvalue weighted by atomic mass is 16.3. The Hall–Kier alpha value is -4.24. The monoisotopic (exact) mass is 443 g/mol. The van der Waals surface area contributed by atoms with Gasteiger partial charge in [0.1, 0.15) is 5.82 Å². The molecule has 0 aliphatic carbocycles. The Morgan fingerprint density at radius 3 is 2.58 bits per heavy atom. The number of anilines is 3. The van der Waals surface area contributed by atoms with Gasteiger partial charge in [-0.1, -0.05) is 30.3 Å². The Morgan fingerprint density at radius 2 is 1.94 bits per heavy atom. The molecule has 9 heteroatoms.